The third-order valence-corrected chi connectivity index (χ3v) is 3.41. The SMILES string of the molecule is N#Cc1cccc(Oc2cccc3c2CCCC3)n1. The van der Waals surface area contributed by atoms with Crippen molar-refractivity contribution in [2.24, 2.45) is 0 Å². The quantitative estimate of drug-likeness (QED) is 0.817. The van der Waals surface area contributed by atoms with Crippen molar-refractivity contribution in [1.82, 2.24) is 4.98 Å². The molecule has 0 bridgehead atoms. The molecule has 3 heteroatoms. The van der Waals surface area contributed by atoms with Crippen LogP contribution in [-0.4, -0.2) is 4.98 Å². The van der Waals surface area contributed by atoms with E-state index >= 15 is 0 Å². The molecule has 0 radical (unpaired) electrons. The molecule has 0 fully saturated rings. The lowest BCUT2D eigenvalue weighted by atomic mass is 9.91. The second kappa shape index (κ2) is 5.11. The van der Waals surface area contributed by atoms with Gasteiger partial charge in [-0.25, -0.2) is 4.98 Å². The number of hydrogen-bond donors (Lipinski definition) is 0. The van der Waals surface area contributed by atoms with Gasteiger partial charge in [0.15, 0.2) is 0 Å². The summed E-state index contributed by atoms with van der Waals surface area (Å²) in [6, 6.07) is 13.4. The Balaban J connectivity index is 1.93. The van der Waals surface area contributed by atoms with Crippen LogP contribution >= 0.6 is 0 Å². The van der Waals surface area contributed by atoms with Crippen molar-refractivity contribution in [2.75, 3.05) is 0 Å². The molecule has 94 valence electrons. The summed E-state index contributed by atoms with van der Waals surface area (Å²) in [6.45, 7) is 0. The van der Waals surface area contributed by atoms with Gasteiger partial charge in [0.2, 0.25) is 5.88 Å². The minimum absolute atomic E-state index is 0.377. The van der Waals surface area contributed by atoms with Gasteiger partial charge in [-0.15, -0.1) is 0 Å². The van der Waals surface area contributed by atoms with E-state index in [2.05, 4.69) is 11.1 Å². The van der Waals surface area contributed by atoms with Crippen molar-refractivity contribution in [3.63, 3.8) is 0 Å². The molecule has 1 aromatic heterocycles. The molecule has 0 N–H and O–H groups in total. The smallest absolute Gasteiger partial charge is 0.220 e. The minimum atomic E-state index is 0.377. The van der Waals surface area contributed by atoms with Crippen LogP contribution in [0.2, 0.25) is 0 Å². The number of nitriles is 1. The van der Waals surface area contributed by atoms with Gasteiger partial charge in [0.1, 0.15) is 17.5 Å². The van der Waals surface area contributed by atoms with Gasteiger partial charge in [-0.1, -0.05) is 18.2 Å². The van der Waals surface area contributed by atoms with Gasteiger partial charge in [0.05, 0.1) is 0 Å². The van der Waals surface area contributed by atoms with Crippen LogP contribution in [0.15, 0.2) is 36.4 Å². The van der Waals surface area contributed by atoms with Crippen molar-refractivity contribution >= 4 is 0 Å². The summed E-state index contributed by atoms with van der Waals surface area (Å²) in [5.74, 6) is 1.36. The molecule has 3 nitrogen and oxygen atoms in total. The van der Waals surface area contributed by atoms with Gasteiger partial charge in [-0.3, -0.25) is 0 Å². The number of aryl methyl sites for hydroxylation is 1. The van der Waals surface area contributed by atoms with E-state index in [9.17, 15) is 0 Å². The molecule has 1 aliphatic rings. The second-order valence-corrected chi connectivity index (χ2v) is 4.68. The first-order valence-corrected chi connectivity index (χ1v) is 6.52. The molecular weight excluding hydrogens is 236 g/mol. The standard InChI is InChI=1S/C16H14N2O/c17-11-13-7-4-10-16(18-13)19-15-9-3-6-12-5-1-2-8-14(12)15/h3-4,6-7,9-10H,1-2,5,8H2. The van der Waals surface area contributed by atoms with Crippen LogP contribution in [0.4, 0.5) is 0 Å². The Morgan fingerprint density at radius 2 is 1.89 bits per heavy atom. The summed E-state index contributed by atoms with van der Waals surface area (Å²) in [5, 5.41) is 8.85. The molecular formula is C16H14N2O. The highest BCUT2D eigenvalue weighted by molar-refractivity contribution is 5.43. The van der Waals surface area contributed by atoms with Crippen LogP contribution in [0.5, 0.6) is 11.6 Å². The molecule has 19 heavy (non-hydrogen) atoms. The number of benzene rings is 1. The minimum Gasteiger partial charge on any atom is -0.439 e. The maximum absolute atomic E-state index is 8.85. The average Bonchev–Trinajstić information content (AvgIpc) is 2.48. The molecule has 0 saturated carbocycles. The zero-order valence-electron chi connectivity index (χ0n) is 10.6. The number of pyridine rings is 1. The molecule has 0 amide bonds. The van der Waals surface area contributed by atoms with Gasteiger partial charge in [-0.05, 0) is 48.9 Å². The zero-order chi connectivity index (χ0) is 13.1. The normalized spacial score (nSPS) is 13.4. The lowest BCUT2D eigenvalue weighted by Gasteiger charge is -2.18. The van der Waals surface area contributed by atoms with E-state index in [4.69, 9.17) is 10.00 Å². The van der Waals surface area contributed by atoms with E-state index in [0.717, 1.165) is 18.6 Å². The van der Waals surface area contributed by atoms with Crippen molar-refractivity contribution in [3.05, 3.63) is 53.2 Å². The summed E-state index contributed by atoms with van der Waals surface area (Å²) in [4.78, 5) is 4.15. The van der Waals surface area contributed by atoms with E-state index in [0.29, 0.717) is 11.6 Å². The van der Waals surface area contributed by atoms with E-state index in [-0.39, 0.29) is 0 Å². The number of ether oxygens (including phenoxy) is 1. The number of rotatable bonds is 2. The van der Waals surface area contributed by atoms with Gasteiger partial charge >= 0.3 is 0 Å². The second-order valence-electron chi connectivity index (χ2n) is 4.68. The number of fused-ring (bicyclic) bond motifs is 1. The van der Waals surface area contributed by atoms with E-state index in [1.165, 1.54) is 24.0 Å². The molecule has 1 aromatic carbocycles. The maximum atomic E-state index is 8.85. The Labute approximate surface area is 112 Å². The van der Waals surface area contributed by atoms with Crippen LogP contribution < -0.4 is 4.74 Å². The first kappa shape index (κ1) is 11.7. The third-order valence-electron chi connectivity index (χ3n) is 3.41. The largest absolute Gasteiger partial charge is 0.439 e. The Hall–Kier alpha value is -2.34. The van der Waals surface area contributed by atoms with Crippen LogP contribution in [0.25, 0.3) is 0 Å². The lowest BCUT2D eigenvalue weighted by molar-refractivity contribution is 0.452. The number of nitrogens with zero attached hydrogens (tertiary/aromatic N) is 2. The van der Waals surface area contributed by atoms with Crippen molar-refractivity contribution in [1.29, 1.82) is 5.26 Å². The molecule has 2 aromatic rings. The Kier molecular flexibility index (Phi) is 3.16. The lowest BCUT2D eigenvalue weighted by Crippen LogP contribution is -2.04. The fourth-order valence-electron chi connectivity index (χ4n) is 2.49. The molecule has 0 saturated heterocycles. The summed E-state index contributed by atoms with van der Waals surface area (Å²) < 4.78 is 5.86. The van der Waals surface area contributed by atoms with E-state index in [1.807, 2.05) is 18.2 Å². The summed E-state index contributed by atoms with van der Waals surface area (Å²) >= 11 is 0. The van der Waals surface area contributed by atoms with Crippen LogP contribution in [0.1, 0.15) is 29.7 Å². The number of aromatic nitrogens is 1. The van der Waals surface area contributed by atoms with Crippen LogP contribution in [-0.2, 0) is 12.8 Å². The Morgan fingerprint density at radius 3 is 2.79 bits per heavy atom. The predicted octanol–water partition coefficient (Wildman–Crippen LogP) is 3.62. The highest BCUT2D eigenvalue weighted by atomic mass is 16.5. The molecule has 0 unspecified atom stereocenters. The average molecular weight is 250 g/mol. The van der Waals surface area contributed by atoms with Crippen molar-refractivity contribution in [2.45, 2.75) is 25.7 Å². The number of hydrogen-bond acceptors (Lipinski definition) is 3. The van der Waals surface area contributed by atoms with Crippen LogP contribution in [0, 0.1) is 11.3 Å². The molecule has 1 heterocycles. The van der Waals surface area contributed by atoms with Crippen molar-refractivity contribution in [3.8, 4) is 17.7 Å². The third kappa shape index (κ3) is 2.43. The Morgan fingerprint density at radius 1 is 1.05 bits per heavy atom. The van der Waals surface area contributed by atoms with Gasteiger partial charge in [0.25, 0.3) is 0 Å². The summed E-state index contributed by atoms with van der Waals surface area (Å²) in [7, 11) is 0. The van der Waals surface area contributed by atoms with E-state index < -0.39 is 0 Å². The fraction of sp³-hybridized carbons (Fsp3) is 0.250. The summed E-state index contributed by atoms with van der Waals surface area (Å²) in [6.07, 6.45) is 4.64. The zero-order valence-corrected chi connectivity index (χ0v) is 10.6. The Bertz CT molecular complexity index is 643. The molecule has 3 rings (SSSR count). The fourth-order valence-corrected chi connectivity index (χ4v) is 2.49. The maximum Gasteiger partial charge on any atom is 0.220 e. The van der Waals surface area contributed by atoms with Gasteiger partial charge < -0.3 is 4.74 Å². The molecule has 0 aliphatic heterocycles. The molecule has 0 atom stereocenters. The molecule has 1 aliphatic carbocycles. The van der Waals surface area contributed by atoms with Crippen LogP contribution in [0.3, 0.4) is 0 Å². The van der Waals surface area contributed by atoms with Gasteiger partial charge in [-0.2, -0.15) is 5.26 Å². The monoisotopic (exact) mass is 250 g/mol. The predicted molar refractivity (Wildman–Crippen MR) is 72.1 cm³/mol. The highest BCUT2D eigenvalue weighted by Gasteiger charge is 2.14. The first-order chi connectivity index (χ1) is 9.36. The first-order valence-electron chi connectivity index (χ1n) is 6.52. The summed E-state index contributed by atoms with van der Waals surface area (Å²) in [5.41, 5.74) is 3.04. The van der Waals surface area contributed by atoms with E-state index in [1.54, 1.807) is 18.2 Å². The molecule has 0 spiro atoms. The topological polar surface area (TPSA) is 45.9 Å². The van der Waals surface area contributed by atoms with Gasteiger partial charge in [0, 0.05) is 6.07 Å². The van der Waals surface area contributed by atoms with Crippen molar-refractivity contribution < 1.29 is 4.74 Å². The highest BCUT2D eigenvalue weighted by Crippen LogP contribution is 2.31.